The maximum absolute atomic E-state index is 12.9. The maximum Gasteiger partial charge on any atom is 0.299 e. The minimum Gasteiger partial charge on any atom is -0.382 e. The monoisotopic (exact) mass is 525 g/mol. The molecule has 4 aromatic rings. The summed E-state index contributed by atoms with van der Waals surface area (Å²) in [6.45, 7) is 2.29. The number of carbonyl (C=O) groups is 2. The van der Waals surface area contributed by atoms with E-state index in [4.69, 9.17) is 10.7 Å². The van der Waals surface area contributed by atoms with Gasteiger partial charge >= 0.3 is 0 Å². The van der Waals surface area contributed by atoms with Crippen LogP contribution >= 0.6 is 11.3 Å². The van der Waals surface area contributed by atoms with Gasteiger partial charge in [-0.05, 0) is 63.5 Å². The first-order valence-corrected chi connectivity index (χ1v) is 13.6. The number of anilines is 2. The fraction of sp³-hybridized carbons (Fsp3) is 0.321. The van der Waals surface area contributed by atoms with Gasteiger partial charge in [-0.2, -0.15) is 0 Å². The summed E-state index contributed by atoms with van der Waals surface area (Å²) >= 11 is 1.57. The Kier molecular flexibility index (Phi) is 6.29. The normalized spacial score (nSPS) is 16.7. The SMILES string of the molecule is CC#CC(=O)N1CCCC1c1nc(-c2ccc(C(=O)Nc3nc4c(s3)CCCC4)cc2)c2c(N)nccn12. The Morgan fingerprint density at radius 1 is 1.13 bits per heavy atom. The van der Waals surface area contributed by atoms with Gasteiger partial charge in [-0.1, -0.05) is 18.1 Å². The highest BCUT2D eigenvalue weighted by Crippen LogP contribution is 2.36. The van der Waals surface area contributed by atoms with E-state index in [1.54, 1.807) is 41.5 Å². The Morgan fingerprint density at radius 2 is 1.95 bits per heavy atom. The minimum atomic E-state index is -0.208. The van der Waals surface area contributed by atoms with Gasteiger partial charge in [0, 0.05) is 34.9 Å². The molecule has 1 atom stereocenters. The molecule has 3 aromatic heterocycles. The third-order valence-electron chi connectivity index (χ3n) is 7.14. The molecule has 0 saturated carbocycles. The number of carbonyl (C=O) groups excluding carboxylic acids is 2. The predicted molar refractivity (Wildman–Crippen MR) is 147 cm³/mol. The van der Waals surface area contributed by atoms with Crippen molar-refractivity contribution in [2.75, 3.05) is 17.6 Å². The number of imidazole rings is 1. The zero-order valence-corrected chi connectivity index (χ0v) is 21.8. The molecule has 1 aliphatic carbocycles. The number of hydrogen-bond acceptors (Lipinski definition) is 7. The molecule has 2 aliphatic rings. The Labute approximate surface area is 224 Å². The highest BCUT2D eigenvalue weighted by molar-refractivity contribution is 7.15. The molecule has 2 amide bonds. The van der Waals surface area contributed by atoms with Crippen LogP contribution in [-0.4, -0.2) is 42.6 Å². The Morgan fingerprint density at radius 3 is 2.74 bits per heavy atom. The zero-order chi connectivity index (χ0) is 26.2. The van der Waals surface area contributed by atoms with Crippen molar-refractivity contribution in [2.24, 2.45) is 0 Å². The van der Waals surface area contributed by atoms with E-state index in [1.165, 1.54) is 11.3 Å². The molecule has 1 unspecified atom stereocenters. The van der Waals surface area contributed by atoms with Gasteiger partial charge in [0.2, 0.25) is 0 Å². The lowest BCUT2D eigenvalue weighted by molar-refractivity contribution is -0.126. The van der Waals surface area contributed by atoms with Crippen LogP contribution in [0, 0.1) is 11.8 Å². The lowest BCUT2D eigenvalue weighted by atomic mass is 10.0. The molecule has 0 bridgehead atoms. The summed E-state index contributed by atoms with van der Waals surface area (Å²) in [5.41, 5.74) is 10.1. The molecule has 4 heterocycles. The van der Waals surface area contributed by atoms with Gasteiger partial charge in [-0.15, -0.1) is 11.3 Å². The van der Waals surface area contributed by atoms with Crippen LogP contribution < -0.4 is 11.1 Å². The molecule has 192 valence electrons. The lowest BCUT2D eigenvalue weighted by Crippen LogP contribution is -2.30. The molecule has 3 N–H and O–H groups in total. The van der Waals surface area contributed by atoms with Crippen molar-refractivity contribution in [1.29, 1.82) is 0 Å². The summed E-state index contributed by atoms with van der Waals surface area (Å²) in [6.07, 6.45) is 9.46. The van der Waals surface area contributed by atoms with E-state index < -0.39 is 0 Å². The second kappa shape index (κ2) is 9.91. The van der Waals surface area contributed by atoms with Gasteiger partial charge in [0.25, 0.3) is 11.8 Å². The van der Waals surface area contributed by atoms with Crippen molar-refractivity contribution in [1.82, 2.24) is 24.3 Å². The van der Waals surface area contributed by atoms with E-state index in [0.717, 1.165) is 49.2 Å². The fourth-order valence-electron chi connectivity index (χ4n) is 5.33. The molecule has 1 aromatic carbocycles. The molecule has 6 rings (SSSR count). The van der Waals surface area contributed by atoms with Crippen LogP contribution in [0.2, 0.25) is 0 Å². The first-order valence-electron chi connectivity index (χ1n) is 12.8. The number of fused-ring (bicyclic) bond motifs is 2. The first-order chi connectivity index (χ1) is 18.5. The second-order valence-electron chi connectivity index (χ2n) is 9.51. The standard InChI is InChI=1S/C28H27N7O2S/c1-2-6-22(36)34-15-5-8-20(34)26-32-23(24-25(29)30-14-16-35(24)26)17-10-12-18(13-11-17)27(37)33-28-31-19-7-3-4-9-21(19)38-28/h10-14,16,20H,3-5,7-9,15H2,1H3,(H2,29,30)(H,31,33,37). The number of benzene rings is 1. The smallest absolute Gasteiger partial charge is 0.299 e. The van der Waals surface area contributed by atoms with Gasteiger partial charge in [0.15, 0.2) is 5.13 Å². The molecule has 38 heavy (non-hydrogen) atoms. The molecule has 10 heteroatoms. The van der Waals surface area contributed by atoms with Crippen LogP contribution in [0.1, 0.15) is 65.4 Å². The highest BCUT2D eigenvalue weighted by atomic mass is 32.1. The number of amides is 2. The molecule has 1 aliphatic heterocycles. The minimum absolute atomic E-state index is 0.198. The number of nitrogen functional groups attached to an aromatic ring is 1. The average molecular weight is 526 g/mol. The highest BCUT2D eigenvalue weighted by Gasteiger charge is 2.33. The molecule has 0 radical (unpaired) electrons. The first kappa shape index (κ1) is 24.1. The largest absolute Gasteiger partial charge is 0.382 e. The van der Waals surface area contributed by atoms with E-state index in [1.807, 2.05) is 22.7 Å². The molecule has 9 nitrogen and oxygen atoms in total. The van der Waals surface area contributed by atoms with E-state index in [0.29, 0.717) is 34.3 Å². The van der Waals surface area contributed by atoms with Crippen molar-refractivity contribution < 1.29 is 9.59 Å². The van der Waals surface area contributed by atoms with Gasteiger partial charge < -0.3 is 10.6 Å². The number of aromatic nitrogens is 4. The number of nitrogens with two attached hydrogens (primary N) is 1. The predicted octanol–water partition coefficient (Wildman–Crippen LogP) is 4.25. The van der Waals surface area contributed by atoms with Crippen LogP contribution in [-0.2, 0) is 17.6 Å². The van der Waals surface area contributed by atoms with Crippen molar-refractivity contribution in [3.05, 3.63) is 58.6 Å². The van der Waals surface area contributed by atoms with Crippen molar-refractivity contribution in [2.45, 2.75) is 51.5 Å². The molecule has 1 saturated heterocycles. The topological polar surface area (TPSA) is 119 Å². The maximum atomic E-state index is 12.9. The zero-order valence-electron chi connectivity index (χ0n) is 21.0. The van der Waals surface area contributed by atoms with E-state index in [9.17, 15) is 9.59 Å². The second-order valence-corrected chi connectivity index (χ2v) is 10.6. The summed E-state index contributed by atoms with van der Waals surface area (Å²) in [7, 11) is 0. The van der Waals surface area contributed by atoms with Crippen molar-refractivity contribution in [3.8, 4) is 23.1 Å². The third-order valence-corrected chi connectivity index (χ3v) is 8.21. The Hall–Kier alpha value is -4.23. The van der Waals surface area contributed by atoms with Gasteiger partial charge in [0.05, 0.1) is 11.7 Å². The average Bonchev–Trinajstić information content (AvgIpc) is 3.65. The number of likely N-dealkylation sites (tertiary alicyclic amines) is 1. The molecule has 1 fully saturated rings. The van der Waals surface area contributed by atoms with E-state index >= 15 is 0 Å². The van der Waals surface area contributed by atoms with Crippen molar-refractivity contribution in [3.63, 3.8) is 0 Å². The number of nitrogens with zero attached hydrogens (tertiary/aromatic N) is 5. The third kappa shape index (κ3) is 4.29. The summed E-state index contributed by atoms with van der Waals surface area (Å²) < 4.78 is 1.91. The van der Waals surface area contributed by atoms with Crippen LogP contribution in [0.5, 0.6) is 0 Å². The lowest BCUT2D eigenvalue weighted by Gasteiger charge is -2.21. The Bertz CT molecular complexity index is 1590. The van der Waals surface area contributed by atoms with Crippen LogP contribution in [0.25, 0.3) is 16.8 Å². The summed E-state index contributed by atoms with van der Waals surface area (Å²) in [4.78, 5) is 42.5. The molecular weight excluding hydrogens is 498 g/mol. The summed E-state index contributed by atoms with van der Waals surface area (Å²) in [6, 6.07) is 7.07. The summed E-state index contributed by atoms with van der Waals surface area (Å²) in [5, 5.41) is 3.60. The van der Waals surface area contributed by atoms with E-state index in [2.05, 4.69) is 27.1 Å². The number of rotatable bonds is 4. The number of hydrogen-bond donors (Lipinski definition) is 2. The van der Waals surface area contributed by atoms with E-state index in [-0.39, 0.29) is 17.9 Å². The molecular formula is C28H27N7O2S. The fourth-order valence-corrected chi connectivity index (χ4v) is 6.38. The Balaban J connectivity index is 1.30. The van der Waals surface area contributed by atoms with Crippen molar-refractivity contribution >= 4 is 39.6 Å². The number of aryl methyl sites for hydroxylation is 2. The quantitative estimate of drug-likeness (QED) is 0.385. The summed E-state index contributed by atoms with van der Waals surface area (Å²) in [5.74, 6) is 6.03. The van der Waals surface area contributed by atoms with Gasteiger partial charge in [-0.3, -0.25) is 19.3 Å². The van der Waals surface area contributed by atoms with Crippen LogP contribution in [0.15, 0.2) is 36.7 Å². The number of nitrogens with one attached hydrogen (secondary N) is 1. The van der Waals surface area contributed by atoms with Gasteiger partial charge in [0.1, 0.15) is 22.9 Å². The number of thiazole rings is 1. The van der Waals surface area contributed by atoms with Crippen LogP contribution in [0.3, 0.4) is 0 Å². The van der Waals surface area contributed by atoms with Gasteiger partial charge in [-0.25, -0.2) is 15.0 Å². The van der Waals surface area contributed by atoms with Crippen LogP contribution in [0.4, 0.5) is 10.9 Å². The molecule has 0 spiro atoms.